The van der Waals surface area contributed by atoms with Crippen molar-refractivity contribution in [3.05, 3.63) is 22.7 Å². The van der Waals surface area contributed by atoms with Crippen molar-refractivity contribution in [2.45, 2.75) is 32.1 Å². The quantitative estimate of drug-likeness (QED) is 0.638. The third kappa shape index (κ3) is 1.87. The Kier molecular flexibility index (Phi) is 2.89. The molecule has 0 atom stereocenters. The Hall–Kier alpha value is -1.36. The number of hydrogen-bond donors (Lipinski definition) is 1. The smallest absolute Gasteiger partial charge is 0.240 e. The lowest BCUT2D eigenvalue weighted by molar-refractivity contribution is -0.125. The van der Waals surface area contributed by atoms with Crippen molar-refractivity contribution in [3.8, 4) is 0 Å². The van der Waals surface area contributed by atoms with E-state index in [9.17, 15) is 9.59 Å². The van der Waals surface area contributed by atoms with E-state index in [1.54, 1.807) is 18.2 Å². The van der Waals surface area contributed by atoms with Gasteiger partial charge in [0.15, 0.2) is 0 Å². The van der Waals surface area contributed by atoms with Gasteiger partial charge in [0.2, 0.25) is 11.8 Å². The van der Waals surface area contributed by atoms with E-state index in [0.717, 1.165) is 25.7 Å². The highest BCUT2D eigenvalue weighted by Gasteiger charge is 2.53. The van der Waals surface area contributed by atoms with Crippen LogP contribution in [0.4, 0.5) is 11.4 Å². The molecule has 2 aliphatic rings. The molecule has 0 radical (unpaired) electrons. The summed E-state index contributed by atoms with van der Waals surface area (Å²) in [5.41, 5.74) is 6.52. The number of carbonyl (C=O) groups is 2. The maximum absolute atomic E-state index is 12.6. The Morgan fingerprint density at radius 3 is 2.53 bits per heavy atom. The van der Waals surface area contributed by atoms with Gasteiger partial charge in [-0.1, -0.05) is 12.8 Å². The molecule has 1 saturated carbocycles. The molecular formula is C14H15BrN2O2. The fraction of sp³-hybridized carbons (Fsp3) is 0.429. The van der Waals surface area contributed by atoms with Crippen LogP contribution in [0.3, 0.4) is 0 Å². The molecule has 0 bridgehead atoms. The van der Waals surface area contributed by atoms with E-state index >= 15 is 0 Å². The minimum Gasteiger partial charge on any atom is -0.398 e. The summed E-state index contributed by atoms with van der Waals surface area (Å²) in [6, 6.07) is 5.17. The fourth-order valence-corrected chi connectivity index (χ4v) is 3.52. The summed E-state index contributed by atoms with van der Waals surface area (Å²) >= 11 is 3.33. The molecule has 1 aromatic carbocycles. The predicted octanol–water partition coefficient (Wildman–Crippen LogP) is 2.86. The van der Waals surface area contributed by atoms with Crippen molar-refractivity contribution in [3.63, 3.8) is 0 Å². The summed E-state index contributed by atoms with van der Waals surface area (Å²) in [5.74, 6) is -0.129. The van der Waals surface area contributed by atoms with Gasteiger partial charge >= 0.3 is 0 Å². The van der Waals surface area contributed by atoms with Crippen molar-refractivity contribution in [1.29, 1.82) is 0 Å². The zero-order valence-electron chi connectivity index (χ0n) is 10.5. The van der Waals surface area contributed by atoms with Gasteiger partial charge in [-0.25, -0.2) is 0 Å². The molecule has 0 unspecified atom stereocenters. The summed E-state index contributed by atoms with van der Waals surface area (Å²) < 4.78 is 0.706. The number of rotatable bonds is 1. The van der Waals surface area contributed by atoms with E-state index in [0.29, 0.717) is 22.3 Å². The van der Waals surface area contributed by atoms with Gasteiger partial charge < -0.3 is 5.73 Å². The van der Waals surface area contributed by atoms with Crippen LogP contribution in [0.25, 0.3) is 0 Å². The Bertz CT molecular complexity index is 565. The van der Waals surface area contributed by atoms with E-state index in [1.807, 2.05) is 0 Å². The van der Waals surface area contributed by atoms with Crippen LogP contribution in [0.5, 0.6) is 0 Å². The third-order valence-corrected chi connectivity index (χ3v) is 4.89. The Morgan fingerprint density at radius 1 is 1.21 bits per heavy atom. The van der Waals surface area contributed by atoms with Gasteiger partial charge in [-0.15, -0.1) is 0 Å². The summed E-state index contributed by atoms with van der Waals surface area (Å²) in [7, 11) is 0. The molecule has 5 heteroatoms. The van der Waals surface area contributed by atoms with Crippen molar-refractivity contribution in [2.24, 2.45) is 5.41 Å². The number of amides is 2. The van der Waals surface area contributed by atoms with Crippen LogP contribution in [0.2, 0.25) is 0 Å². The van der Waals surface area contributed by atoms with Crippen LogP contribution in [0.1, 0.15) is 32.1 Å². The summed E-state index contributed by atoms with van der Waals surface area (Å²) in [6.45, 7) is 0. The molecular weight excluding hydrogens is 308 g/mol. The molecule has 19 heavy (non-hydrogen) atoms. The number of nitrogens with two attached hydrogens (primary N) is 1. The standard InChI is InChI=1S/C14H15BrN2O2/c15-10-7-9(3-4-11(10)16)17-12(18)8-14(13(17)19)5-1-2-6-14/h3-4,7H,1-2,5-6,8,16H2. The van der Waals surface area contributed by atoms with Crippen LogP contribution in [0.15, 0.2) is 22.7 Å². The normalized spacial score (nSPS) is 21.6. The largest absolute Gasteiger partial charge is 0.398 e. The number of nitrogen functional groups attached to an aromatic ring is 1. The highest BCUT2D eigenvalue weighted by atomic mass is 79.9. The highest BCUT2D eigenvalue weighted by Crippen LogP contribution is 2.48. The Morgan fingerprint density at radius 2 is 1.89 bits per heavy atom. The van der Waals surface area contributed by atoms with Crippen molar-refractivity contribution in [2.75, 3.05) is 10.6 Å². The zero-order chi connectivity index (χ0) is 13.6. The molecule has 3 rings (SSSR count). The van der Waals surface area contributed by atoms with E-state index in [4.69, 9.17) is 5.73 Å². The zero-order valence-corrected chi connectivity index (χ0v) is 12.1. The molecule has 1 aromatic rings. The topological polar surface area (TPSA) is 63.4 Å². The lowest BCUT2D eigenvalue weighted by atomic mass is 9.84. The van der Waals surface area contributed by atoms with E-state index in [-0.39, 0.29) is 11.8 Å². The van der Waals surface area contributed by atoms with Crippen LogP contribution in [-0.2, 0) is 9.59 Å². The highest BCUT2D eigenvalue weighted by molar-refractivity contribution is 9.10. The van der Waals surface area contributed by atoms with E-state index in [1.165, 1.54) is 4.90 Å². The van der Waals surface area contributed by atoms with Gasteiger partial charge in [0.1, 0.15) is 0 Å². The first-order chi connectivity index (χ1) is 9.03. The number of hydrogen-bond acceptors (Lipinski definition) is 3. The molecule has 1 heterocycles. The van der Waals surface area contributed by atoms with E-state index in [2.05, 4.69) is 15.9 Å². The molecule has 1 aliphatic heterocycles. The minimum atomic E-state index is -0.426. The molecule has 1 saturated heterocycles. The number of imide groups is 1. The predicted molar refractivity (Wildman–Crippen MR) is 76.6 cm³/mol. The third-order valence-electron chi connectivity index (χ3n) is 4.20. The van der Waals surface area contributed by atoms with Crippen LogP contribution < -0.4 is 10.6 Å². The summed E-state index contributed by atoms with van der Waals surface area (Å²) in [4.78, 5) is 26.1. The van der Waals surface area contributed by atoms with Crippen LogP contribution in [-0.4, -0.2) is 11.8 Å². The maximum atomic E-state index is 12.6. The first kappa shape index (κ1) is 12.7. The maximum Gasteiger partial charge on any atom is 0.240 e. The molecule has 2 amide bonds. The Labute approximate surface area is 120 Å². The molecule has 2 N–H and O–H groups in total. The second-order valence-corrected chi connectivity index (χ2v) is 6.26. The summed E-state index contributed by atoms with van der Waals surface area (Å²) in [6.07, 6.45) is 4.11. The molecule has 4 nitrogen and oxygen atoms in total. The van der Waals surface area contributed by atoms with Gasteiger partial charge in [0.25, 0.3) is 0 Å². The monoisotopic (exact) mass is 322 g/mol. The first-order valence-corrected chi connectivity index (χ1v) is 7.25. The van der Waals surface area contributed by atoms with Crippen LogP contribution >= 0.6 is 15.9 Å². The van der Waals surface area contributed by atoms with Crippen molar-refractivity contribution in [1.82, 2.24) is 0 Å². The number of anilines is 2. The minimum absolute atomic E-state index is 0.0355. The number of benzene rings is 1. The molecule has 1 aliphatic carbocycles. The van der Waals surface area contributed by atoms with Gasteiger partial charge in [-0.05, 0) is 47.0 Å². The van der Waals surface area contributed by atoms with Gasteiger partial charge in [0, 0.05) is 16.6 Å². The SMILES string of the molecule is Nc1ccc(N2C(=O)CC3(CCCC3)C2=O)cc1Br. The summed E-state index contributed by atoms with van der Waals surface area (Å²) in [5, 5.41) is 0. The van der Waals surface area contributed by atoms with Crippen LogP contribution in [0, 0.1) is 5.41 Å². The number of carbonyl (C=O) groups excluding carboxylic acids is 2. The average Bonchev–Trinajstić information content (AvgIpc) is 2.91. The number of halogens is 1. The number of nitrogens with zero attached hydrogens (tertiary/aromatic N) is 1. The van der Waals surface area contributed by atoms with Gasteiger partial charge in [-0.2, -0.15) is 0 Å². The lowest BCUT2D eigenvalue weighted by Gasteiger charge is -2.21. The fourth-order valence-electron chi connectivity index (χ4n) is 3.15. The molecule has 100 valence electrons. The average molecular weight is 323 g/mol. The second kappa shape index (κ2) is 4.34. The van der Waals surface area contributed by atoms with Gasteiger partial charge in [-0.3, -0.25) is 14.5 Å². The Balaban J connectivity index is 1.98. The first-order valence-electron chi connectivity index (χ1n) is 6.46. The molecule has 1 spiro atoms. The van der Waals surface area contributed by atoms with E-state index < -0.39 is 5.41 Å². The molecule has 2 fully saturated rings. The molecule has 0 aromatic heterocycles. The van der Waals surface area contributed by atoms with Gasteiger partial charge in [0.05, 0.1) is 11.1 Å². The second-order valence-electron chi connectivity index (χ2n) is 5.40. The van der Waals surface area contributed by atoms with Crippen molar-refractivity contribution < 1.29 is 9.59 Å². The van der Waals surface area contributed by atoms with Crippen molar-refractivity contribution >= 4 is 39.1 Å². The lowest BCUT2D eigenvalue weighted by Crippen LogP contribution is -2.34.